The Hall–Kier alpha value is -3.42. The highest BCUT2D eigenvalue weighted by Crippen LogP contribution is 2.53. The first kappa shape index (κ1) is 25.2. The summed E-state index contributed by atoms with van der Waals surface area (Å²) >= 11 is 0. The average Bonchev–Trinajstić information content (AvgIpc) is 3.33. The molecule has 1 aromatic rings. The Labute approximate surface area is 207 Å². The van der Waals surface area contributed by atoms with Gasteiger partial charge in [0.2, 0.25) is 5.78 Å². The largest absolute Gasteiger partial charge is 0.510 e. The van der Waals surface area contributed by atoms with E-state index in [1.54, 1.807) is 0 Å². The number of nitrogens with one attached hydrogen (secondary N) is 1. The molecule has 1 aliphatic heterocycles. The molecule has 13 heteroatoms. The highest BCUT2D eigenvalue weighted by Gasteiger charge is 2.62. The number of allylic oxidation sites excluding steroid dienone is 1. The van der Waals surface area contributed by atoms with Crippen molar-refractivity contribution >= 4 is 17.5 Å². The van der Waals surface area contributed by atoms with Gasteiger partial charge in [0.1, 0.15) is 22.8 Å². The average molecular weight is 523 g/mol. The van der Waals surface area contributed by atoms with Gasteiger partial charge in [-0.25, -0.2) is 0 Å². The third-order valence-electron chi connectivity index (χ3n) is 8.01. The normalized spacial score (nSPS) is 31.8. The van der Waals surface area contributed by atoms with Crippen LogP contribution in [0.2, 0.25) is 0 Å². The number of ketones is 2. The number of primary amides is 1. The van der Waals surface area contributed by atoms with Crippen molar-refractivity contribution in [2.75, 3.05) is 6.54 Å². The van der Waals surface area contributed by atoms with Crippen LogP contribution in [0, 0.1) is 11.8 Å². The third-order valence-corrected chi connectivity index (χ3v) is 8.01. The van der Waals surface area contributed by atoms with Gasteiger partial charge in [-0.05, 0) is 55.3 Å². The predicted molar refractivity (Wildman–Crippen MR) is 119 cm³/mol. The number of hydrogen-bond acceptors (Lipinski definition) is 9. The number of hydrogen-bond donors (Lipinski definition) is 7. The van der Waals surface area contributed by atoms with Crippen molar-refractivity contribution in [2.24, 2.45) is 23.3 Å². The number of amides is 1. The number of halogens is 3. The summed E-state index contributed by atoms with van der Waals surface area (Å²) < 4.78 is 43.2. The monoisotopic (exact) mass is 523 g/mol. The lowest BCUT2D eigenvalue weighted by atomic mass is 9.58. The number of carbonyl (C=O) groups is 3. The van der Waals surface area contributed by atoms with Gasteiger partial charge in [-0.1, -0.05) is 0 Å². The van der Waals surface area contributed by atoms with Gasteiger partial charge in [-0.15, -0.1) is 0 Å². The lowest BCUT2D eigenvalue weighted by molar-refractivity contribution is -0.145. The molecule has 0 aromatic heterocycles. The van der Waals surface area contributed by atoms with Crippen molar-refractivity contribution in [3.63, 3.8) is 0 Å². The molecular formula is C24H24F3N3O7. The first-order chi connectivity index (χ1) is 17.2. The van der Waals surface area contributed by atoms with Crippen LogP contribution in [0.4, 0.5) is 13.2 Å². The molecule has 1 aromatic carbocycles. The molecule has 0 spiro atoms. The molecule has 0 bridgehead atoms. The maximum Gasteiger partial charge on any atom is 0.417 e. The van der Waals surface area contributed by atoms with Crippen molar-refractivity contribution < 1.29 is 48.0 Å². The maximum atomic E-state index is 14.4. The zero-order valence-electron chi connectivity index (χ0n) is 19.2. The van der Waals surface area contributed by atoms with Crippen LogP contribution in [-0.2, 0) is 22.2 Å². The molecule has 0 radical (unpaired) electrons. The van der Waals surface area contributed by atoms with Gasteiger partial charge in [0.25, 0.3) is 5.91 Å². The fraction of sp³-hybridized carbons (Fsp3) is 0.458. The number of aromatic hydroxyl groups is 1. The Morgan fingerprint density at radius 3 is 2.43 bits per heavy atom. The molecule has 198 valence electrons. The van der Waals surface area contributed by atoms with Gasteiger partial charge in [-0.2, -0.15) is 13.2 Å². The van der Waals surface area contributed by atoms with Crippen molar-refractivity contribution in [3.05, 3.63) is 51.0 Å². The zero-order valence-corrected chi connectivity index (χ0v) is 19.2. The first-order valence-electron chi connectivity index (χ1n) is 11.6. The smallest absolute Gasteiger partial charge is 0.417 e. The first-order valence-corrected chi connectivity index (χ1v) is 11.6. The minimum absolute atomic E-state index is 0.200. The Morgan fingerprint density at radius 2 is 1.86 bits per heavy atom. The predicted octanol–water partition coefficient (Wildman–Crippen LogP) is 0.961. The van der Waals surface area contributed by atoms with Crippen molar-refractivity contribution in [3.8, 4) is 5.75 Å². The van der Waals surface area contributed by atoms with Crippen LogP contribution < -0.4 is 16.8 Å². The van der Waals surface area contributed by atoms with Crippen LogP contribution in [-0.4, -0.2) is 56.1 Å². The topological polar surface area (TPSA) is 196 Å². The van der Waals surface area contributed by atoms with Crippen molar-refractivity contribution in [1.29, 1.82) is 0 Å². The van der Waals surface area contributed by atoms with Crippen LogP contribution in [0.25, 0.3) is 0 Å². The number of rotatable bonds is 2. The Kier molecular flexibility index (Phi) is 5.48. The number of carbonyl (C=O) groups excluding carboxylic acids is 3. The van der Waals surface area contributed by atoms with Crippen LogP contribution in [0.5, 0.6) is 5.75 Å². The Bertz CT molecular complexity index is 1330. The second-order valence-electron chi connectivity index (χ2n) is 9.94. The molecule has 1 heterocycles. The summed E-state index contributed by atoms with van der Waals surface area (Å²) in [5.74, 6) is -9.55. The third kappa shape index (κ3) is 3.33. The zero-order chi connectivity index (χ0) is 27.2. The molecule has 5 rings (SSSR count). The number of nitrogens with two attached hydrogens (primary N) is 2. The summed E-state index contributed by atoms with van der Waals surface area (Å²) in [7, 11) is 0. The lowest BCUT2D eigenvalue weighted by Crippen LogP contribution is -2.63. The molecule has 37 heavy (non-hydrogen) atoms. The van der Waals surface area contributed by atoms with E-state index in [0.717, 1.165) is 6.07 Å². The maximum absolute atomic E-state index is 14.4. The fourth-order valence-electron chi connectivity index (χ4n) is 6.38. The molecule has 5 atom stereocenters. The summed E-state index contributed by atoms with van der Waals surface area (Å²) in [6.45, 7) is 0.485. The van der Waals surface area contributed by atoms with E-state index in [-0.39, 0.29) is 12.0 Å². The van der Waals surface area contributed by atoms with Gasteiger partial charge in [0.05, 0.1) is 17.2 Å². The van der Waals surface area contributed by atoms with Crippen LogP contribution >= 0.6 is 0 Å². The molecule has 1 unspecified atom stereocenters. The summed E-state index contributed by atoms with van der Waals surface area (Å²) in [5, 5.41) is 46.3. The molecule has 1 saturated heterocycles. The quantitative estimate of drug-likeness (QED) is 0.276. The van der Waals surface area contributed by atoms with E-state index in [2.05, 4.69) is 5.32 Å². The van der Waals surface area contributed by atoms with E-state index in [9.17, 15) is 48.0 Å². The standard InChI is InChI=1S/C24H24F3N3O7/c25-24(26,27)16-8(11-2-1-3-30-11)6-12(31)14-9(16)4-7-5-10-17(28)19(33)15(22(29)36)21(35)23(10,37)20(34)13(7)18(14)32/h6-7,10-11,17,30-31,33-34,37H,1-5,28H2,(H2,29,36)/t7-,10-,11?,17-,23-/m0/s1. The van der Waals surface area contributed by atoms with Crippen molar-refractivity contribution in [2.45, 2.75) is 49.5 Å². The highest BCUT2D eigenvalue weighted by molar-refractivity contribution is 6.24. The van der Waals surface area contributed by atoms with E-state index in [1.165, 1.54) is 0 Å². The highest BCUT2D eigenvalue weighted by atomic mass is 19.4. The minimum atomic E-state index is -4.88. The number of Topliss-reactive ketones (excluding diaryl/α,β-unsaturated/α-hetero) is 2. The molecule has 4 aliphatic rings. The Morgan fingerprint density at radius 1 is 1.19 bits per heavy atom. The Balaban J connectivity index is 1.73. The summed E-state index contributed by atoms with van der Waals surface area (Å²) in [5.41, 5.74) is 4.19. The van der Waals surface area contributed by atoms with E-state index < -0.39 is 105 Å². The summed E-state index contributed by atoms with van der Waals surface area (Å²) in [6.07, 6.45) is -4.72. The van der Waals surface area contributed by atoms with Crippen LogP contribution in [0.3, 0.4) is 0 Å². The molecule has 1 fully saturated rings. The summed E-state index contributed by atoms with van der Waals surface area (Å²) in [4.78, 5) is 38.3. The number of alkyl halides is 3. The number of benzene rings is 1. The molecule has 10 nitrogen and oxygen atoms in total. The molecule has 3 aliphatic carbocycles. The second kappa shape index (κ2) is 8.04. The van der Waals surface area contributed by atoms with Crippen LogP contribution in [0.15, 0.2) is 28.7 Å². The number of aliphatic hydroxyl groups is 3. The van der Waals surface area contributed by atoms with Crippen LogP contribution in [0.1, 0.15) is 52.4 Å². The SMILES string of the molecule is NC(=O)C1=C(O)[C@@H](N)[C@@H]2C[C@@H]3Cc4c(c(O)cc(C5CCCN5)c4C(F)(F)F)C(=O)C3=C(O)[C@]2(O)C1=O. The van der Waals surface area contributed by atoms with E-state index in [0.29, 0.717) is 19.4 Å². The van der Waals surface area contributed by atoms with Gasteiger partial charge < -0.3 is 37.2 Å². The number of fused-ring (bicyclic) bond motifs is 3. The van der Waals surface area contributed by atoms with Gasteiger partial charge in [0, 0.05) is 17.5 Å². The number of phenolic OH excluding ortho intramolecular Hbond substituents is 1. The minimum Gasteiger partial charge on any atom is -0.510 e. The van der Waals surface area contributed by atoms with E-state index >= 15 is 0 Å². The number of aliphatic hydroxyl groups excluding tert-OH is 2. The second-order valence-corrected chi connectivity index (χ2v) is 9.94. The molecule has 9 N–H and O–H groups in total. The van der Waals surface area contributed by atoms with Crippen molar-refractivity contribution in [1.82, 2.24) is 5.32 Å². The van der Waals surface area contributed by atoms with Gasteiger partial charge in [0.15, 0.2) is 11.4 Å². The fourth-order valence-corrected chi connectivity index (χ4v) is 6.38. The van der Waals surface area contributed by atoms with E-state index in [4.69, 9.17) is 11.5 Å². The molecular weight excluding hydrogens is 499 g/mol. The molecule has 0 saturated carbocycles. The van der Waals surface area contributed by atoms with Gasteiger partial charge in [-0.3, -0.25) is 14.4 Å². The lowest BCUT2D eigenvalue weighted by Gasteiger charge is -2.48. The number of phenols is 1. The van der Waals surface area contributed by atoms with E-state index in [1.807, 2.05) is 0 Å². The molecule has 1 amide bonds. The summed E-state index contributed by atoms with van der Waals surface area (Å²) in [6, 6.07) is -1.40. The van der Waals surface area contributed by atoms with Gasteiger partial charge >= 0.3 is 6.18 Å².